The van der Waals surface area contributed by atoms with Crippen LogP contribution >= 0.6 is 0 Å². The largest absolute Gasteiger partial charge is 0.507 e. The summed E-state index contributed by atoms with van der Waals surface area (Å²) in [5, 5.41) is 39.6. The number of ether oxygens (including phenoxy) is 2. The second kappa shape index (κ2) is 7.84. The van der Waals surface area contributed by atoms with Crippen molar-refractivity contribution in [1.82, 2.24) is 0 Å². The summed E-state index contributed by atoms with van der Waals surface area (Å²) in [5.74, 6) is -0.283. The molecule has 0 spiro atoms. The normalized spacial score (nSPS) is 24.5. The molecule has 4 unspecified atom stereocenters. The third-order valence-electron chi connectivity index (χ3n) is 4.88. The summed E-state index contributed by atoms with van der Waals surface area (Å²) >= 11 is 0. The first-order valence-corrected chi connectivity index (χ1v) is 9.11. The average Bonchev–Trinajstić information content (AvgIpc) is 2.71. The van der Waals surface area contributed by atoms with E-state index in [9.17, 15) is 25.2 Å². The molecule has 0 aliphatic carbocycles. The molecular weight excluding hydrogens is 380 g/mol. The van der Waals surface area contributed by atoms with E-state index in [4.69, 9.17) is 13.9 Å². The highest BCUT2D eigenvalue weighted by Crippen LogP contribution is 2.32. The van der Waals surface area contributed by atoms with Crippen LogP contribution in [0.1, 0.15) is 6.42 Å². The van der Waals surface area contributed by atoms with Crippen molar-refractivity contribution in [3.05, 3.63) is 59.0 Å². The standard InChI is InChI=1S/C21H20O8/c22-9-13-7-16(24)20(26)21(29-13)28-12-6-15(23)18-17(8-12)27-10-14(19(18)25)11-4-2-1-3-5-11/h1-6,8,10,13,16,20-24,26H,7,9H2. The predicted molar refractivity (Wildman–Crippen MR) is 103 cm³/mol. The summed E-state index contributed by atoms with van der Waals surface area (Å²) in [7, 11) is 0. The Morgan fingerprint density at radius 1 is 1.14 bits per heavy atom. The zero-order valence-corrected chi connectivity index (χ0v) is 15.3. The van der Waals surface area contributed by atoms with Crippen molar-refractivity contribution in [3.63, 3.8) is 0 Å². The monoisotopic (exact) mass is 400 g/mol. The molecule has 1 saturated heterocycles. The van der Waals surface area contributed by atoms with Gasteiger partial charge in [0.2, 0.25) is 11.7 Å². The van der Waals surface area contributed by atoms with Crippen LogP contribution in [0.25, 0.3) is 22.1 Å². The number of aromatic hydroxyl groups is 1. The Morgan fingerprint density at radius 2 is 1.90 bits per heavy atom. The molecule has 2 heterocycles. The number of aliphatic hydroxyl groups excluding tert-OH is 3. The maximum Gasteiger partial charge on any atom is 0.229 e. The number of benzene rings is 2. The molecule has 8 heteroatoms. The Bertz CT molecular complexity index is 1060. The minimum absolute atomic E-state index is 0.00270. The smallest absolute Gasteiger partial charge is 0.229 e. The third-order valence-corrected chi connectivity index (χ3v) is 4.88. The summed E-state index contributed by atoms with van der Waals surface area (Å²) in [6.07, 6.45) is -3.06. The van der Waals surface area contributed by atoms with Gasteiger partial charge in [-0.3, -0.25) is 4.79 Å². The van der Waals surface area contributed by atoms with Crippen molar-refractivity contribution in [2.24, 2.45) is 0 Å². The van der Waals surface area contributed by atoms with E-state index in [1.54, 1.807) is 24.3 Å². The summed E-state index contributed by atoms with van der Waals surface area (Å²) in [6.45, 7) is -0.344. The van der Waals surface area contributed by atoms with Gasteiger partial charge in [0.15, 0.2) is 0 Å². The van der Waals surface area contributed by atoms with Crippen LogP contribution in [0, 0.1) is 0 Å². The minimum atomic E-state index is -1.34. The van der Waals surface area contributed by atoms with Gasteiger partial charge in [0, 0.05) is 18.6 Å². The van der Waals surface area contributed by atoms with Gasteiger partial charge in [0.05, 0.1) is 24.4 Å². The molecule has 152 valence electrons. The fourth-order valence-electron chi connectivity index (χ4n) is 3.36. The van der Waals surface area contributed by atoms with Crippen molar-refractivity contribution >= 4 is 11.0 Å². The quantitative estimate of drug-likeness (QED) is 0.517. The summed E-state index contributed by atoms with van der Waals surface area (Å²) < 4.78 is 16.5. The summed E-state index contributed by atoms with van der Waals surface area (Å²) in [6, 6.07) is 11.5. The van der Waals surface area contributed by atoms with Crippen molar-refractivity contribution in [2.75, 3.05) is 6.61 Å². The number of rotatable bonds is 4. The molecule has 1 aromatic heterocycles. The summed E-state index contributed by atoms with van der Waals surface area (Å²) in [4.78, 5) is 12.8. The van der Waals surface area contributed by atoms with E-state index in [0.29, 0.717) is 11.1 Å². The number of phenols is 1. The average molecular weight is 400 g/mol. The molecule has 4 N–H and O–H groups in total. The Kier molecular flexibility index (Phi) is 5.25. The van der Waals surface area contributed by atoms with Crippen LogP contribution in [0.15, 0.2) is 57.9 Å². The molecular formula is C21H20O8. The van der Waals surface area contributed by atoms with E-state index < -0.39 is 30.0 Å². The van der Waals surface area contributed by atoms with Gasteiger partial charge >= 0.3 is 0 Å². The molecule has 4 rings (SSSR count). The fourth-order valence-corrected chi connectivity index (χ4v) is 3.36. The van der Waals surface area contributed by atoms with Gasteiger partial charge in [0.25, 0.3) is 0 Å². The van der Waals surface area contributed by atoms with Gasteiger partial charge in [-0.1, -0.05) is 30.3 Å². The maximum absolute atomic E-state index is 12.8. The number of aliphatic hydroxyl groups is 3. The molecule has 3 aromatic rings. The van der Waals surface area contributed by atoms with Gasteiger partial charge < -0.3 is 34.3 Å². The van der Waals surface area contributed by atoms with Crippen molar-refractivity contribution in [3.8, 4) is 22.6 Å². The predicted octanol–water partition coefficient (Wildman–Crippen LogP) is 1.37. The molecule has 8 nitrogen and oxygen atoms in total. The van der Waals surface area contributed by atoms with Crippen molar-refractivity contribution in [1.29, 1.82) is 0 Å². The molecule has 0 bridgehead atoms. The molecule has 29 heavy (non-hydrogen) atoms. The SMILES string of the molecule is O=c1c(-c2ccccc2)coc2cc(OC3OC(CO)CC(O)C3O)cc(O)c12. The van der Waals surface area contributed by atoms with Crippen LogP contribution in [0.5, 0.6) is 11.5 Å². The lowest BCUT2D eigenvalue weighted by Gasteiger charge is -2.36. The zero-order chi connectivity index (χ0) is 20.5. The first kappa shape index (κ1) is 19.4. The van der Waals surface area contributed by atoms with E-state index in [0.717, 1.165) is 0 Å². The first-order chi connectivity index (χ1) is 14.0. The molecule has 0 radical (unpaired) electrons. The molecule has 2 aromatic carbocycles. The second-order valence-corrected chi connectivity index (χ2v) is 6.88. The zero-order valence-electron chi connectivity index (χ0n) is 15.3. The Hall–Kier alpha value is -2.91. The maximum atomic E-state index is 12.8. The van der Waals surface area contributed by atoms with E-state index >= 15 is 0 Å². The molecule has 4 atom stereocenters. The van der Waals surface area contributed by atoms with Crippen LogP contribution in [0.2, 0.25) is 0 Å². The van der Waals surface area contributed by atoms with Crippen LogP contribution in [-0.2, 0) is 4.74 Å². The Balaban J connectivity index is 1.69. The van der Waals surface area contributed by atoms with Crippen LogP contribution < -0.4 is 10.2 Å². The molecule has 0 saturated carbocycles. The highest BCUT2D eigenvalue weighted by molar-refractivity contribution is 5.88. The van der Waals surface area contributed by atoms with Gasteiger partial charge in [-0.15, -0.1) is 0 Å². The summed E-state index contributed by atoms with van der Waals surface area (Å²) in [5.41, 5.74) is 0.660. The highest BCUT2D eigenvalue weighted by Gasteiger charge is 2.38. The third kappa shape index (κ3) is 3.70. The van der Waals surface area contributed by atoms with Crippen molar-refractivity contribution < 1.29 is 34.3 Å². The minimum Gasteiger partial charge on any atom is -0.507 e. The van der Waals surface area contributed by atoms with E-state index in [1.165, 1.54) is 18.4 Å². The first-order valence-electron chi connectivity index (χ1n) is 9.11. The van der Waals surface area contributed by atoms with Crippen LogP contribution in [0.3, 0.4) is 0 Å². The van der Waals surface area contributed by atoms with Gasteiger partial charge in [-0.25, -0.2) is 0 Å². The molecule has 0 amide bonds. The molecule has 1 aliphatic heterocycles. The lowest BCUT2D eigenvalue weighted by Crippen LogP contribution is -2.51. The van der Waals surface area contributed by atoms with E-state index in [2.05, 4.69) is 0 Å². The number of hydrogen-bond acceptors (Lipinski definition) is 8. The second-order valence-electron chi connectivity index (χ2n) is 6.88. The van der Waals surface area contributed by atoms with E-state index in [-0.39, 0.29) is 35.5 Å². The lowest BCUT2D eigenvalue weighted by molar-refractivity contribution is -0.240. The molecule has 1 fully saturated rings. The number of phenolic OH excluding ortho intramolecular Hbond substituents is 1. The van der Waals surface area contributed by atoms with Gasteiger partial charge in [-0.05, 0) is 5.56 Å². The van der Waals surface area contributed by atoms with Gasteiger partial charge in [0.1, 0.15) is 34.8 Å². The van der Waals surface area contributed by atoms with Gasteiger partial charge in [-0.2, -0.15) is 0 Å². The lowest BCUT2D eigenvalue weighted by atomic mass is 10.0. The Morgan fingerprint density at radius 3 is 2.62 bits per heavy atom. The number of fused-ring (bicyclic) bond motifs is 1. The van der Waals surface area contributed by atoms with E-state index in [1.807, 2.05) is 6.07 Å². The highest BCUT2D eigenvalue weighted by atomic mass is 16.7. The van der Waals surface area contributed by atoms with Crippen LogP contribution in [-0.4, -0.2) is 51.6 Å². The fraction of sp³-hybridized carbons (Fsp3) is 0.286. The molecule has 1 aliphatic rings. The number of hydrogen-bond donors (Lipinski definition) is 4. The Labute approximate surface area is 165 Å². The van der Waals surface area contributed by atoms with Crippen LogP contribution in [0.4, 0.5) is 0 Å². The van der Waals surface area contributed by atoms with Crippen molar-refractivity contribution in [2.45, 2.75) is 31.0 Å². The topological polar surface area (TPSA) is 130 Å².